The first kappa shape index (κ1) is 17.9. The highest BCUT2D eigenvalue weighted by Gasteiger charge is 2.18. The van der Waals surface area contributed by atoms with E-state index in [1.54, 1.807) is 30.3 Å². The molecule has 2 aromatic heterocycles. The molecule has 0 fully saturated rings. The number of carbonyl (C=O) groups excluding carboxylic acids is 1. The number of amides is 1. The molecule has 0 aliphatic heterocycles. The second kappa shape index (κ2) is 8.44. The molecule has 26 heavy (non-hydrogen) atoms. The van der Waals surface area contributed by atoms with Crippen molar-refractivity contribution in [3.8, 4) is 11.7 Å². The van der Waals surface area contributed by atoms with Crippen LogP contribution in [0.25, 0.3) is 11.7 Å². The molecule has 0 atom stereocenters. The highest BCUT2D eigenvalue weighted by atomic mass is 16.4. The lowest BCUT2D eigenvalue weighted by atomic mass is 10.3. The number of nitrogens with zero attached hydrogens (tertiary/aromatic N) is 4. The van der Waals surface area contributed by atoms with E-state index < -0.39 is 0 Å². The van der Waals surface area contributed by atoms with Gasteiger partial charge in [0.05, 0.1) is 19.4 Å². The van der Waals surface area contributed by atoms with E-state index in [4.69, 9.17) is 8.83 Å². The van der Waals surface area contributed by atoms with E-state index in [0.29, 0.717) is 24.1 Å². The highest BCUT2D eigenvalue weighted by molar-refractivity contribution is 5.94. The number of furan rings is 1. The maximum absolute atomic E-state index is 12.6. The van der Waals surface area contributed by atoms with E-state index in [-0.39, 0.29) is 12.5 Å². The lowest BCUT2D eigenvalue weighted by molar-refractivity contribution is -0.119. The number of likely N-dealkylation sites (N-methyl/N-ethyl adjacent to an activating group) is 1. The Kier molecular flexibility index (Phi) is 5.80. The van der Waals surface area contributed by atoms with Gasteiger partial charge in [-0.3, -0.25) is 9.69 Å². The minimum absolute atomic E-state index is 0.00965. The van der Waals surface area contributed by atoms with Crippen LogP contribution < -0.4 is 4.90 Å². The Balaban J connectivity index is 1.64. The molecule has 0 unspecified atom stereocenters. The monoisotopic (exact) mass is 354 g/mol. The third-order valence-electron chi connectivity index (χ3n) is 3.97. The molecule has 136 valence electrons. The second-order valence-corrected chi connectivity index (χ2v) is 5.98. The van der Waals surface area contributed by atoms with Gasteiger partial charge in [0, 0.05) is 12.7 Å². The van der Waals surface area contributed by atoms with Crippen LogP contribution in [0, 0.1) is 0 Å². The van der Waals surface area contributed by atoms with Gasteiger partial charge in [-0.05, 0) is 37.2 Å². The Hall–Kier alpha value is -2.93. The fourth-order valence-electron chi connectivity index (χ4n) is 2.63. The van der Waals surface area contributed by atoms with Crippen molar-refractivity contribution in [2.24, 2.45) is 0 Å². The normalized spacial score (nSPS) is 11.0. The zero-order chi connectivity index (χ0) is 18.4. The molecule has 1 aromatic carbocycles. The van der Waals surface area contributed by atoms with Gasteiger partial charge in [0.1, 0.15) is 0 Å². The first-order valence-corrected chi connectivity index (χ1v) is 8.57. The van der Waals surface area contributed by atoms with Crippen molar-refractivity contribution in [2.45, 2.75) is 19.9 Å². The number of rotatable bonds is 8. The van der Waals surface area contributed by atoms with Gasteiger partial charge in [-0.25, -0.2) is 0 Å². The van der Waals surface area contributed by atoms with Crippen LogP contribution >= 0.6 is 0 Å². The summed E-state index contributed by atoms with van der Waals surface area (Å²) in [6.07, 6.45) is 2.47. The molecule has 7 heteroatoms. The molecule has 1 amide bonds. The highest BCUT2D eigenvalue weighted by Crippen LogP contribution is 2.19. The van der Waals surface area contributed by atoms with Gasteiger partial charge in [-0.2, -0.15) is 0 Å². The van der Waals surface area contributed by atoms with Crippen LogP contribution in [0.3, 0.4) is 0 Å². The number of carbonyl (C=O) groups is 1. The summed E-state index contributed by atoms with van der Waals surface area (Å²) in [5, 5.41) is 8.06. The van der Waals surface area contributed by atoms with Gasteiger partial charge in [-0.15, -0.1) is 10.2 Å². The lowest BCUT2D eigenvalue weighted by Crippen LogP contribution is -2.38. The van der Waals surface area contributed by atoms with Gasteiger partial charge in [-0.1, -0.05) is 25.1 Å². The Labute approximate surface area is 152 Å². The van der Waals surface area contributed by atoms with Crippen molar-refractivity contribution in [1.29, 1.82) is 0 Å². The number of benzene rings is 1. The lowest BCUT2D eigenvalue weighted by Gasteiger charge is -2.23. The number of hydrogen-bond donors (Lipinski definition) is 0. The van der Waals surface area contributed by atoms with E-state index in [1.807, 2.05) is 35.2 Å². The van der Waals surface area contributed by atoms with Crippen molar-refractivity contribution in [3.05, 3.63) is 54.6 Å². The van der Waals surface area contributed by atoms with Gasteiger partial charge in [0.2, 0.25) is 11.8 Å². The minimum atomic E-state index is 0.00965. The molecule has 0 saturated carbocycles. The molecule has 3 aromatic rings. The Bertz CT molecular complexity index is 814. The first-order chi connectivity index (χ1) is 12.7. The van der Waals surface area contributed by atoms with Crippen LogP contribution in [-0.4, -0.2) is 41.1 Å². The van der Waals surface area contributed by atoms with Crippen molar-refractivity contribution in [1.82, 2.24) is 15.1 Å². The average Bonchev–Trinajstić information content (AvgIpc) is 3.33. The Morgan fingerprint density at radius 1 is 1.12 bits per heavy atom. The number of para-hydroxylation sites is 1. The summed E-state index contributed by atoms with van der Waals surface area (Å²) in [7, 11) is 1.78. The number of aromatic nitrogens is 2. The van der Waals surface area contributed by atoms with Gasteiger partial charge >= 0.3 is 0 Å². The van der Waals surface area contributed by atoms with Crippen LogP contribution in [0.2, 0.25) is 0 Å². The van der Waals surface area contributed by atoms with Crippen LogP contribution in [-0.2, 0) is 11.3 Å². The third-order valence-corrected chi connectivity index (χ3v) is 3.97. The van der Waals surface area contributed by atoms with Crippen LogP contribution in [0.1, 0.15) is 19.2 Å². The fraction of sp³-hybridized carbons (Fsp3) is 0.316. The SMILES string of the molecule is CCCN(CC(=O)N(C)c1ccccc1)Cc1nnc(-c2ccco2)o1. The average molecular weight is 354 g/mol. The van der Waals surface area contributed by atoms with Crippen molar-refractivity contribution < 1.29 is 13.6 Å². The van der Waals surface area contributed by atoms with Crippen molar-refractivity contribution in [2.75, 3.05) is 25.0 Å². The van der Waals surface area contributed by atoms with E-state index in [0.717, 1.165) is 18.7 Å². The van der Waals surface area contributed by atoms with E-state index in [9.17, 15) is 4.79 Å². The minimum Gasteiger partial charge on any atom is -0.459 e. The smallest absolute Gasteiger partial charge is 0.283 e. The van der Waals surface area contributed by atoms with Crippen LogP contribution in [0.4, 0.5) is 5.69 Å². The number of anilines is 1. The van der Waals surface area contributed by atoms with E-state index in [2.05, 4.69) is 17.1 Å². The largest absolute Gasteiger partial charge is 0.459 e. The van der Waals surface area contributed by atoms with Gasteiger partial charge in [0.15, 0.2) is 5.76 Å². The summed E-state index contributed by atoms with van der Waals surface area (Å²) in [4.78, 5) is 16.3. The Morgan fingerprint density at radius 2 is 1.92 bits per heavy atom. The molecule has 0 radical (unpaired) electrons. The van der Waals surface area contributed by atoms with Crippen LogP contribution in [0.5, 0.6) is 0 Å². The summed E-state index contributed by atoms with van der Waals surface area (Å²) in [5.74, 6) is 1.34. The third kappa shape index (κ3) is 4.37. The molecule has 3 rings (SSSR count). The second-order valence-electron chi connectivity index (χ2n) is 5.98. The molecule has 0 N–H and O–H groups in total. The summed E-state index contributed by atoms with van der Waals surface area (Å²) < 4.78 is 10.9. The summed E-state index contributed by atoms with van der Waals surface area (Å²) >= 11 is 0. The molecule has 0 spiro atoms. The summed E-state index contributed by atoms with van der Waals surface area (Å²) in [6, 6.07) is 13.1. The maximum atomic E-state index is 12.6. The molecule has 2 heterocycles. The molecule has 7 nitrogen and oxygen atoms in total. The maximum Gasteiger partial charge on any atom is 0.283 e. The van der Waals surface area contributed by atoms with E-state index >= 15 is 0 Å². The summed E-state index contributed by atoms with van der Waals surface area (Å²) in [5.41, 5.74) is 0.867. The predicted molar refractivity (Wildman–Crippen MR) is 97.4 cm³/mol. The zero-order valence-corrected chi connectivity index (χ0v) is 15.0. The Morgan fingerprint density at radius 3 is 2.62 bits per heavy atom. The molecule has 0 aliphatic rings. The summed E-state index contributed by atoms with van der Waals surface area (Å²) in [6.45, 7) is 3.51. The standard InChI is InChI=1S/C19H22N4O3/c1-3-11-23(14-18(24)22(2)15-8-5-4-6-9-15)13-17-20-21-19(26-17)16-10-7-12-25-16/h4-10,12H,3,11,13-14H2,1-2H3. The molecule has 0 bridgehead atoms. The molecular weight excluding hydrogens is 332 g/mol. The predicted octanol–water partition coefficient (Wildman–Crippen LogP) is 3.20. The van der Waals surface area contributed by atoms with Crippen molar-refractivity contribution >= 4 is 11.6 Å². The van der Waals surface area contributed by atoms with Crippen LogP contribution in [0.15, 0.2) is 57.6 Å². The zero-order valence-electron chi connectivity index (χ0n) is 15.0. The first-order valence-electron chi connectivity index (χ1n) is 8.57. The van der Waals surface area contributed by atoms with Gasteiger partial charge in [0.25, 0.3) is 5.89 Å². The fourth-order valence-corrected chi connectivity index (χ4v) is 2.63. The molecule has 0 saturated heterocycles. The topological polar surface area (TPSA) is 75.6 Å². The number of hydrogen-bond acceptors (Lipinski definition) is 6. The molecule has 0 aliphatic carbocycles. The quantitative estimate of drug-likeness (QED) is 0.618. The van der Waals surface area contributed by atoms with E-state index in [1.165, 1.54) is 0 Å². The molecular formula is C19H22N4O3. The van der Waals surface area contributed by atoms with Gasteiger partial charge < -0.3 is 13.7 Å². The van der Waals surface area contributed by atoms with Crippen molar-refractivity contribution in [3.63, 3.8) is 0 Å².